The predicted octanol–water partition coefficient (Wildman–Crippen LogP) is 3.13. The minimum absolute atomic E-state index is 0.0918. The third-order valence-corrected chi connectivity index (χ3v) is 2.52. The molecule has 1 atom stereocenters. The zero-order chi connectivity index (χ0) is 10.7. The lowest BCUT2D eigenvalue weighted by atomic mass is 10.1. The van der Waals surface area contributed by atoms with E-state index >= 15 is 0 Å². The first-order valence-electron chi connectivity index (χ1n) is 3.98. The van der Waals surface area contributed by atoms with Crippen molar-refractivity contribution in [3.63, 3.8) is 0 Å². The van der Waals surface area contributed by atoms with E-state index in [1.165, 1.54) is 0 Å². The Balaban J connectivity index is 2.73. The molecule has 0 saturated carbocycles. The molecule has 0 amide bonds. The van der Waals surface area contributed by atoms with Crippen molar-refractivity contribution in [2.75, 3.05) is 0 Å². The molecule has 0 saturated heterocycles. The average molecular weight is 240 g/mol. The molecular weight excluding hydrogens is 231 g/mol. The minimum Gasteiger partial charge on any atom is -0.323 e. The van der Waals surface area contributed by atoms with Gasteiger partial charge in [-0.15, -0.1) is 0 Å². The summed E-state index contributed by atoms with van der Waals surface area (Å²) in [7, 11) is 0. The normalized spacial score (nSPS) is 13.3. The van der Waals surface area contributed by atoms with Crippen molar-refractivity contribution in [3.05, 3.63) is 33.8 Å². The van der Waals surface area contributed by atoms with Crippen LogP contribution in [0.1, 0.15) is 5.56 Å². The fourth-order valence-corrected chi connectivity index (χ4v) is 1.35. The van der Waals surface area contributed by atoms with Crippen LogP contribution >= 0.6 is 23.2 Å². The summed E-state index contributed by atoms with van der Waals surface area (Å²) in [4.78, 5) is 0. The van der Waals surface area contributed by atoms with Crippen molar-refractivity contribution in [1.29, 1.82) is 0 Å². The van der Waals surface area contributed by atoms with Gasteiger partial charge in [-0.25, -0.2) is 8.78 Å². The lowest BCUT2D eigenvalue weighted by Gasteiger charge is -2.10. The van der Waals surface area contributed by atoms with E-state index in [-0.39, 0.29) is 6.42 Å². The Kier molecular flexibility index (Phi) is 4.11. The van der Waals surface area contributed by atoms with Gasteiger partial charge in [0, 0.05) is 0 Å². The summed E-state index contributed by atoms with van der Waals surface area (Å²) in [5.74, 6) is 0. The zero-order valence-electron chi connectivity index (χ0n) is 7.18. The van der Waals surface area contributed by atoms with E-state index in [1.807, 2.05) is 0 Å². The lowest BCUT2D eigenvalue weighted by Crippen LogP contribution is -2.30. The van der Waals surface area contributed by atoms with Crippen LogP contribution in [0, 0.1) is 0 Å². The number of halogens is 4. The number of nitrogens with two attached hydrogens (primary N) is 1. The Morgan fingerprint density at radius 1 is 1.21 bits per heavy atom. The van der Waals surface area contributed by atoms with Crippen molar-refractivity contribution in [3.8, 4) is 0 Å². The molecule has 2 N–H and O–H groups in total. The Labute approximate surface area is 90.8 Å². The largest absolute Gasteiger partial charge is 0.323 e. The zero-order valence-corrected chi connectivity index (χ0v) is 8.69. The van der Waals surface area contributed by atoms with E-state index in [0.717, 1.165) is 0 Å². The van der Waals surface area contributed by atoms with E-state index in [1.54, 1.807) is 18.2 Å². The number of hydrogen-bond donors (Lipinski definition) is 1. The second kappa shape index (κ2) is 4.91. The minimum atomic E-state index is -2.52. The second-order valence-electron chi connectivity index (χ2n) is 2.95. The van der Waals surface area contributed by atoms with Crippen LogP contribution in [-0.4, -0.2) is 12.5 Å². The van der Waals surface area contributed by atoms with Gasteiger partial charge in [-0.3, -0.25) is 0 Å². The van der Waals surface area contributed by atoms with Crippen LogP contribution in [-0.2, 0) is 6.42 Å². The summed E-state index contributed by atoms with van der Waals surface area (Å²) >= 11 is 11.4. The Bertz CT molecular complexity index is 318. The molecule has 0 aromatic heterocycles. The van der Waals surface area contributed by atoms with Gasteiger partial charge in [-0.05, 0) is 24.1 Å². The second-order valence-corrected chi connectivity index (χ2v) is 3.77. The maximum absolute atomic E-state index is 12.1. The van der Waals surface area contributed by atoms with Crippen LogP contribution in [0.4, 0.5) is 8.78 Å². The molecule has 14 heavy (non-hydrogen) atoms. The number of hydrogen-bond acceptors (Lipinski definition) is 1. The first kappa shape index (κ1) is 11.7. The number of rotatable bonds is 3. The van der Waals surface area contributed by atoms with Gasteiger partial charge in [0.25, 0.3) is 6.43 Å². The van der Waals surface area contributed by atoms with Crippen molar-refractivity contribution in [1.82, 2.24) is 0 Å². The van der Waals surface area contributed by atoms with Crippen LogP contribution in [0.5, 0.6) is 0 Å². The van der Waals surface area contributed by atoms with Gasteiger partial charge in [-0.1, -0.05) is 29.3 Å². The molecular formula is C9H9Cl2F2N. The molecule has 0 heterocycles. The molecule has 1 unspecified atom stereocenters. The van der Waals surface area contributed by atoms with E-state index in [2.05, 4.69) is 0 Å². The topological polar surface area (TPSA) is 26.0 Å². The molecule has 1 rings (SSSR count). The predicted molar refractivity (Wildman–Crippen MR) is 54.1 cm³/mol. The highest BCUT2D eigenvalue weighted by atomic mass is 35.5. The summed E-state index contributed by atoms with van der Waals surface area (Å²) in [6.07, 6.45) is -2.43. The van der Waals surface area contributed by atoms with Crippen molar-refractivity contribution < 1.29 is 8.78 Å². The monoisotopic (exact) mass is 239 g/mol. The van der Waals surface area contributed by atoms with Gasteiger partial charge in [0.1, 0.15) is 0 Å². The molecule has 5 heteroatoms. The van der Waals surface area contributed by atoms with Crippen molar-refractivity contribution in [2.45, 2.75) is 18.9 Å². The highest BCUT2D eigenvalue weighted by Crippen LogP contribution is 2.23. The van der Waals surface area contributed by atoms with Gasteiger partial charge in [0.05, 0.1) is 16.1 Å². The average Bonchev–Trinajstić information content (AvgIpc) is 2.11. The summed E-state index contributed by atoms with van der Waals surface area (Å²) in [6.45, 7) is 0. The van der Waals surface area contributed by atoms with E-state index < -0.39 is 12.5 Å². The quantitative estimate of drug-likeness (QED) is 0.862. The highest BCUT2D eigenvalue weighted by molar-refractivity contribution is 6.42. The first-order chi connectivity index (χ1) is 6.50. The van der Waals surface area contributed by atoms with Crippen LogP contribution < -0.4 is 5.73 Å². The molecule has 0 fully saturated rings. The van der Waals surface area contributed by atoms with Gasteiger partial charge < -0.3 is 5.73 Å². The van der Waals surface area contributed by atoms with Gasteiger partial charge in [0.15, 0.2) is 0 Å². The number of alkyl halides is 2. The molecule has 0 aliphatic carbocycles. The molecule has 78 valence electrons. The van der Waals surface area contributed by atoms with Crippen molar-refractivity contribution >= 4 is 23.2 Å². The van der Waals surface area contributed by atoms with Gasteiger partial charge >= 0.3 is 0 Å². The van der Waals surface area contributed by atoms with E-state index in [0.29, 0.717) is 15.6 Å². The van der Waals surface area contributed by atoms with Crippen molar-refractivity contribution in [2.24, 2.45) is 5.73 Å². The molecule has 1 aromatic rings. The Morgan fingerprint density at radius 3 is 2.36 bits per heavy atom. The SMILES string of the molecule is NC(Cc1ccc(Cl)c(Cl)c1)C(F)F. The Hall–Kier alpha value is -0.380. The maximum atomic E-state index is 12.1. The summed E-state index contributed by atoms with van der Waals surface area (Å²) in [5, 5.41) is 0.756. The van der Waals surface area contributed by atoms with Crippen LogP contribution in [0.25, 0.3) is 0 Å². The summed E-state index contributed by atoms with van der Waals surface area (Å²) < 4.78 is 24.2. The molecule has 1 aromatic carbocycles. The van der Waals surface area contributed by atoms with Crippen LogP contribution in [0.15, 0.2) is 18.2 Å². The van der Waals surface area contributed by atoms with Gasteiger partial charge in [-0.2, -0.15) is 0 Å². The fourth-order valence-electron chi connectivity index (χ4n) is 1.03. The summed E-state index contributed by atoms with van der Waals surface area (Å²) in [5.41, 5.74) is 5.87. The third-order valence-electron chi connectivity index (χ3n) is 1.78. The third kappa shape index (κ3) is 3.08. The summed E-state index contributed by atoms with van der Waals surface area (Å²) in [6, 6.07) is 3.59. The van der Waals surface area contributed by atoms with Crippen LogP contribution in [0.3, 0.4) is 0 Å². The first-order valence-corrected chi connectivity index (χ1v) is 4.74. The molecule has 0 aliphatic heterocycles. The lowest BCUT2D eigenvalue weighted by molar-refractivity contribution is 0.116. The van der Waals surface area contributed by atoms with E-state index in [9.17, 15) is 8.78 Å². The molecule has 1 nitrogen and oxygen atoms in total. The number of benzene rings is 1. The fraction of sp³-hybridized carbons (Fsp3) is 0.333. The standard InChI is InChI=1S/C9H9Cl2F2N/c10-6-2-1-5(3-7(6)11)4-8(14)9(12)13/h1-3,8-9H,4,14H2. The highest BCUT2D eigenvalue weighted by Gasteiger charge is 2.15. The molecule has 0 bridgehead atoms. The van der Waals surface area contributed by atoms with Crippen LogP contribution in [0.2, 0.25) is 10.0 Å². The Morgan fingerprint density at radius 2 is 1.86 bits per heavy atom. The maximum Gasteiger partial charge on any atom is 0.253 e. The smallest absolute Gasteiger partial charge is 0.253 e. The molecule has 0 aliphatic rings. The molecule has 0 spiro atoms. The molecule has 0 radical (unpaired) electrons. The van der Waals surface area contributed by atoms with Gasteiger partial charge in [0.2, 0.25) is 0 Å². The van der Waals surface area contributed by atoms with E-state index in [4.69, 9.17) is 28.9 Å².